The molecule has 0 atom stereocenters. The lowest BCUT2D eigenvalue weighted by Crippen LogP contribution is -2.50. The second kappa shape index (κ2) is 6.83. The van der Waals surface area contributed by atoms with Crippen LogP contribution in [0.4, 0.5) is 4.39 Å². The molecule has 0 spiro atoms. The number of furan rings is 1. The van der Waals surface area contributed by atoms with Crippen molar-refractivity contribution in [2.24, 2.45) is 0 Å². The number of halogens is 1. The molecule has 0 saturated carbocycles. The summed E-state index contributed by atoms with van der Waals surface area (Å²) in [6, 6.07) is 9.39. The zero-order valence-corrected chi connectivity index (χ0v) is 14.8. The molecule has 0 radical (unpaired) electrons. The lowest BCUT2D eigenvalue weighted by Gasteiger charge is -2.34. The number of amides is 2. The van der Waals surface area contributed by atoms with E-state index in [4.69, 9.17) is 4.42 Å². The number of aromatic nitrogens is 1. The number of fused-ring (bicyclic) bond motifs is 1. The Morgan fingerprint density at radius 1 is 1.04 bits per heavy atom. The van der Waals surface area contributed by atoms with Crippen LogP contribution in [0.3, 0.4) is 0 Å². The Balaban J connectivity index is 1.49. The Morgan fingerprint density at radius 3 is 2.41 bits per heavy atom. The van der Waals surface area contributed by atoms with E-state index in [0.717, 1.165) is 5.39 Å². The summed E-state index contributed by atoms with van der Waals surface area (Å²) >= 11 is 0. The molecule has 0 N–H and O–H groups in total. The van der Waals surface area contributed by atoms with Gasteiger partial charge in [0.25, 0.3) is 11.8 Å². The number of hydrogen-bond donors (Lipinski definition) is 0. The zero-order chi connectivity index (χ0) is 19.0. The van der Waals surface area contributed by atoms with Crippen molar-refractivity contribution in [1.82, 2.24) is 14.8 Å². The van der Waals surface area contributed by atoms with Gasteiger partial charge in [-0.15, -0.1) is 0 Å². The van der Waals surface area contributed by atoms with Crippen LogP contribution in [0.5, 0.6) is 0 Å². The highest BCUT2D eigenvalue weighted by Gasteiger charge is 2.27. The molecule has 1 aliphatic heterocycles. The summed E-state index contributed by atoms with van der Waals surface area (Å²) in [6.07, 6.45) is 1.47. The lowest BCUT2D eigenvalue weighted by atomic mass is 10.1. The molecule has 0 aliphatic carbocycles. The topological polar surface area (TPSA) is 66.7 Å². The molecule has 138 valence electrons. The first kappa shape index (κ1) is 17.2. The SMILES string of the molecule is Cc1nc2cc(F)ccc2cc1C(=O)N1CCN(C(=O)c2ccco2)CC1. The Labute approximate surface area is 155 Å². The van der Waals surface area contributed by atoms with Crippen molar-refractivity contribution < 1.29 is 18.4 Å². The largest absolute Gasteiger partial charge is 0.459 e. The molecule has 0 bridgehead atoms. The maximum atomic E-state index is 13.4. The Morgan fingerprint density at radius 2 is 1.74 bits per heavy atom. The van der Waals surface area contributed by atoms with Crippen molar-refractivity contribution in [3.63, 3.8) is 0 Å². The maximum Gasteiger partial charge on any atom is 0.289 e. The van der Waals surface area contributed by atoms with Gasteiger partial charge >= 0.3 is 0 Å². The predicted octanol–water partition coefficient (Wildman–Crippen LogP) is 2.87. The van der Waals surface area contributed by atoms with Gasteiger partial charge in [0.05, 0.1) is 23.0 Å². The van der Waals surface area contributed by atoms with Gasteiger partial charge in [0.1, 0.15) is 5.82 Å². The van der Waals surface area contributed by atoms with Gasteiger partial charge in [0.15, 0.2) is 5.76 Å². The van der Waals surface area contributed by atoms with Gasteiger partial charge in [-0.1, -0.05) is 0 Å². The molecule has 7 heteroatoms. The molecular weight excluding hydrogens is 349 g/mol. The second-order valence-corrected chi connectivity index (χ2v) is 6.52. The summed E-state index contributed by atoms with van der Waals surface area (Å²) in [5, 5.41) is 0.719. The monoisotopic (exact) mass is 367 g/mol. The second-order valence-electron chi connectivity index (χ2n) is 6.52. The van der Waals surface area contributed by atoms with Crippen LogP contribution < -0.4 is 0 Å². The normalized spacial score (nSPS) is 14.6. The van der Waals surface area contributed by atoms with Crippen molar-refractivity contribution in [1.29, 1.82) is 0 Å². The molecule has 3 heterocycles. The molecule has 6 nitrogen and oxygen atoms in total. The number of aryl methyl sites for hydroxylation is 1. The first-order chi connectivity index (χ1) is 13.0. The summed E-state index contributed by atoms with van der Waals surface area (Å²) in [5.74, 6) is -0.351. The number of benzene rings is 1. The Bertz CT molecular complexity index is 1010. The number of carbonyl (C=O) groups excluding carboxylic acids is 2. The van der Waals surface area contributed by atoms with E-state index in [9.17, 15) is 14.0 Å². The average molecular weight is 367 g/mol. The number of hydrogen-bond acceptors (Lipinski definition) is 4. The Hall–Kier alpha value is -3.22. The average Bonchev–Trinajstić information content (AvgIpc) is 3.21. The van der Waals surface area contributed by atoms with E-state index in [0.29, 0.717) is 48.7 Å². The molecular formula is C20H18FN3O3. The van der Waals surface area contributed by atoms with Crippen LogP contribution in [0, 0.1) is 12.7 Å². The fourth-order valence-electron chi connectivity index (χ4n) is 3.29. The lowest BCUT2D eigenvalue weighted by molar-refractivity contribution is 0.0517. The smallest absolute Gasteiger partial charge is 0.289 e. The van der Waals surface area contributed by atoms with Gasteiger partial charge in [0, 0.05) is 37.6 Å². The van der Waals surface area contributed by atoms with Crippen molar-refractivity contribution in [2.75, 3.05) is 26.2 Å². The summed E-state index contributed by atoms with van der Waals surface area (Å²) in [4.78, 5) is 33.0. The van der Waals surface area contributed by atoms with E-state index < -0.39 is 0 Å². The van der Waals surface area contributed by atoms with Crippen molar-refractivity contribution in [2.45, 2.75) is 6.92 Å². The number of piperazine rings is 1. The molecule has 1 aliphatic rings. The fraction of sp³-hybridized carbons (Fsp3) is 0.250. The highest BCUT2D eigenvalue weighted by atomic mass is 19.1. The van der Waals surface area contributed by atoms with Crippen LogP contribution in [0.15, 0.2) is 47.1 Å². The van der Waals surface area contributed by atoms with E-state index in [-0.39, 0.29) is 17.6 Å². The molecule has 1 saturated heterocycles. The van der Waals surface area contributed by atoms with Crippen molar-refractivity contribution in [3.05, 3.63) is 65.5 Å². The molecule has 27 heavy (non-hydrogen) atoms. The van der Waals surface area contributed by atoms with Crippen LogP contribution in [0.1, 0.15) is 26.6 Å². The number of rotatable bonds is 2. The van der Waals surface area contributed by atoms with Crippen molar-refractivity contribution >= 4 is 22.7 Å². The minimum absolute atomic E-state index is 0.128. The third-order valence-electron chi connectivity index (χ3n) is 4.79. The zero-order valence-electron chi connectivity index (χ0n) is 14.8. The van der Waals surface area contributed by atoms with E-state index in [1.165, 1.54) is 18.4 Å². The molecule has 4 rings (SSSR count). The highest BCUT2D eigenvalue weighted by molar-refractivity contribution is 5.99. The van der Waals surface area contributed by atoms with Crippen LogP contribution in [-0.2, 0) is 0 Å². The minimum atomic E-state index is -0.356. The van der Waals surface area contributed by atoms with Gasteiger partial charge < -0.3 is 14.2 Å². The summed E-state index contributed by atoms with van der Waals surface area (Å²) in [7, 11) is 0. The molecule has 1 aromatic carbocycles. The molecule has 0 unspecified atom stereocenters. The van der Waals surface area contributed by atoms with Gasteiger partial charge in [-0.2, -0.15) is 0 Å². The summed E-state index contributed by atoms with van der Waals surface area (Å²) in [6.45, 7) is 3.50. The Kier molecular flexibility index (Phi) is 4.35. The summed E-state index contributed by atoms with van der Waals surface area (Å²) in [5.41, 5.74) is 1.59. The molecule has 3 aromatic rings. The molecule has 2 aromatic heterocycles. The highest BCUT2D eigenvalue weighted by Crippen LogP contribution is 2.20. The van der Waals surface area contributed by atoms with Crippen LogP contribution in [0.2, 0.25) is 0 Å². The quantitative estimate of drug-likeness (QED) is 0.699. The third-order valence-corrected chi connectivity index (χ3v) is 4.79. The van der Waals surface area contributed by atoms with Gasteiger partial charge in [-0.05, 0) is 37.3 Å². The number of pyridine rings is 1. The number of nitrogens with zero attached hydrogens (tertiary/aromatic N) is 3. The van der Waals surface area contributed by atoms with Gasteiger partial charge in [0.2, 0.25) is 0 Å². The third kappa shape index (κ3) is 3.28. The standard InChI is InChI=1S/C20H18FN3O3/c1-13-16(11-14-4-5-15(21)12-17(14)22-13)19(25)23-6-8-24(9-7-23)20(26)18-3-2-10-27-18/h2-5,10-12H,6-9H2,1H3. The predicted molar refractivity (Wildman–Crippen MR) is 97.0 cm³/mol. The first-order valence-corrected chi connectivity index (χ1v) is 8.72. The van der Waals surface area contributed by atoms with Crippen LogP contribution >= 0.6 is 0 Å². The first-order valence-electron chi connectivity index (χ1n) is 8.72. The van der Waals surface area contributed by atoms with Crippen LogP contribution in [0.25, 0.3) is 10.9 Å². The maximum absolute atomic E-state index is 13.4. The van der Waals surface area contributed by atoms with E-state index in [1.54, 1.807) is 41.0 Å². The van der Waals surface area contributed by atoms with Gasteiger partial charge in [-0.3, -0.25) is 14.6 Å². The summed E-state index contributed by atoms with van der Waals surface area (Å²) < 4.78 is 18.5. The molecule has 1 fully saturated rings. The molecule has 2 amide bonds. The van der Waals surface area contributed by atoms with E-state index in [2.05, 4.69) is 4.98 Å². The van der Waals surface area contributed by atoms with Gasteiger partial charge in [-0.25, -0.2) is 4.39 Å². The van der Waals surface area contributed by atoms with E-state index >= 15 is 0 Å². The van der Waals surface area contributed by atoms with Crippen molar-refractivity contribution in [3.8, 4) is 0 Å². The number of carbonyl (C=O) groups is 2. The minimum Gasteiger partial charge on any atom is -0.459 e. The van der Waals surface area contributed by atoms with Crippen LogP contribution in [-0.4, -0.2) is 52.8 Å². The van der Waals surface area contributed by atoms with E-state index in [1.807, 2.05) is 0 Å². The fourth-order valence-corrected chi connectivity index (χ4v) is 3.29.